The van der Waals surface area contributed by atoms with E-state index in [0.717, 1.165) is 17.7 Å². The lowest BCUT2D eigenvalue weighted by molar-refractivity contribution is 0.476. The van der Waals surface area contributed by atoms with Gasteiger partial charge in [-0.2, -0.15) is 5.11 Å². The van der Waals surface area contributed by atoms with Gasteiger partial charge in [0.1, 0.15) is 11.4 Å². The second kappa shape index (κ2) is 5.25. The number of hydrogen-bond donors (Lipinski definition) is 1. The van der Waals surface area contributed by atoms with Crippen molar-refractivity contribution < 1.29 is 5.11 Å². The molecular weight excluding hydrogens is 212 g/mol. The van der Waals surface area contributed by atoms with Gasteiger partial charge in [0, 0.05) is 0 Å². The molecule has 0 bridgehead atoms. The number of aryl methyl sites for hydroxylation is 1. The highest BCUT2D eigenvalue weighted by atomic mass is 16.3. The number of aromatic hydroxyl groups is 1. The van der Waals surface area contributed by atoms with Crippen molar-refractivity contribution in [1.82, 2.24) is 0 Å². The normalized spacial score (nSPS) is 10.9. The average molecular weight is 226 g/mol. The summed E-state index contributed by atoms with van der Waals surface area (Å²) in [5.41, 5.74) is 2.41. The topological polar surface area (TPSA) is 45.0 Å². The number of phenolic OH excluding ortho intramolecular Hbond substituents is 1. The van der Waals surface area contributed by atoms with Crippen molar-refractivity contribution in [2.75, 3.05) is 0 Å². The maximum atomic E-state index is 9.65. The molecule has 2 aromatic rings. The molecule has 2 aromatic carbocycles. The largest absolute Gasteiger partial charge is 0.506 e. The predicted octanol–water partition coefficient (Wildman–Crippen LogP) is 4.37. The summed E-state index contributed by atoms with van der Waals surface area (Å²) >= 11 is 0. The van der Waals surface area contributed by atoms with Gasteiger partial charge in [0.2, 0.25) is 0 Å². The lowest BCUT2D eigenvalue weighted by atomic mass is 10.1. The Morgan fingerprint density at radius 1 is 1.00 bits per heavy atom. The van der Waals surface area contributed by atoms with Crippen LogP contribution in [0.25, 0.3) is 0 Å². The molecule has 0 aliphatic heterocycles. The van der Waals surface area contributed by atoms with E-state index in [1.807, 2.05) is 42.5 Å². The second-order valence-electron chi connectivity index (χ2n) is 3.71. The lowest BCUT2D eigenvalue weighted by Gasteiger charge is -2.00. The fraction of sp³-hybridized carbons (Fsp3) is 0.143. The van der Waals surface area contributed by atoms with E-state index < -0.39 is 0 Å². The Kier molecular flexibility index (Phi) is 3.50. The van der Waals surface area contributed by atoms with Crippen LogP contribution in [0.5, 0.6) is 5.75 Å². The van der Waals surface area contributed by atoms with Crippen LogP contribution in [0.4, 0.5) is 11.4 Å². The molecule has 17 heavy (non-hydrogen) atoms. The first-order chi connectivity index (χ1) is 8.29. The molecule has 0 heterocycles. The number of rotatable bonds is 3. The average Bonchev–Trinajstić information content (AvgIpc) is 2.39. The van der Waals surface area contributed by atoms with Crippen molar-refractivity contribution in [3.63, 3.8) is 0 Å². The van der Waals surface area contributed by atoms with Crippen molar-refractivity contribution in [2.24, 2.45) is 10.2 Å². The minimum atomic E-state index is 0.155. The predicted molar refractivity (Wildman–Crippen MR) is 68.1 cm³/mol. The van der Waals surface area contributed by atoms with E-state index in [9.17, 15) is 5.11 Å². The summed E-state index contributed by atoms with van der Waals surface area (Å²) in [5, 5.41) is 17.8. The van der Waals surface area contributed by atoms with E-state index in [1.165, 1.54) is 0 Å². The van der Waals surface area contributed by atoms with Gasteiger partial charge in [-0.05, 0) is 36.2 Å². The Labute approximate surface area is 100 Å². The van der Waals surface area contributed by atoms with E-state index in [1.54, 1.807) is 6.07 Å². The Morgan fingerprint density at radius 3 is 2.47 bits per heavy atom. The van der Waals surface area contributed by atoms with Crippen molar-refractivity contribution >= 4 is 11.4 Å². The lowest BCUT2D eigenvalue weighted by Crippen LogP contribution is -1.78. The van der Waals surface area contributed by atoms with Crippen molar-refractivity contribution in [3.05, 3.63) is 54.1 Å². The van der Waals surface area contributed by atoms with Gasteiger partial charge in [0.25, 0.3) is 0 Å². The molecule has 0 saturated heterocycles. The fourth-order valence-electron chi connectivity index (χ4n) is 1.48. The van der Waals surface area contributed by atoms with Crippen LogP contribution in [-0.4, -0.2) is 5.11 Å². The smallest absolute Gasteiger partial charge is 0.143 e. The number of azo groups is 1. The van der Waals surface area contributed by atoms with E-state index in [0.29, 0.717) is 5.69 Å². The Balaban J connectivity index is 2.26. The zero-order valence-corrected chi connectivity index (χ0v) is 9.67. The van der Waals surface area contributed by atoms with Crippen LogP contribution in [-0.2, 0) is 6.42 Å². The Hall–Kier alpha value is -2.16. The van der Waals surface area contributed by atoms with E-state index >= 15 is 0 Å². The van der Waals surface area contributed by atoms with Gasteiger partial charge in [0.05, 0.1) is 5.69 Å². The van der Waals surface area contributed by atoms with Crippen molar-refractivity contribution in [2.45, 2.75) is 13.3 Å². The number of hydrogen-bond acceptors (Lipinski definition) is 3. The first-order valence-corrected chi connectivity index (χ1v) is 5.58. The minimum absolute atomic E-state index is 0.155. The van der Waals surface area contributed by atoms with Gasteiger partial charge in [-0.25, -0.2) is 0 Å². The van der Waals surface area contributed by atoms with Gasteiger partial charge in [-0.1, -0.05) is 31.2 Å². The highest BCUT2D eigenvalue weighted by Crippen LogP contribution is 2.29. The van der Waals surface area contributed by atoms with E-state index in [4.69, 9.17) is 0 Å². The molecule has 1 N–H and O–H groups in total. The van der Waals surface area contributed by atoms with Crippen LogP contribution in [0.3, 0.4) is 0 Å². The first-order valence-electron chi connectivity index (χ1n) is 5.58. The Morgan fingerprint density at radius 2 is 1.76 bits per heavy atom. The third kappa shape index (κ3) is 2.91. The molecule has 0 radical (unpaired) electrons. The first kappa shape index (κ1) is 11.3. The summed E-state index contributed by atoms with van der Waals surface area (Å²) in [7, 11) is 0. The van der Waals surface area contributed by atoms with Crippen molar-refractivity contribution in [3.8, 4) is 5.75 Å². The summed E-state index contributed by atoms with van der Waals surface area (Å²) in [5.74, 6) is 0.155. The second-order valence-corrected chi connectivity index (χ2v) is 3.71. The van der Waals surface area contributed by atoms with Gasteiger partial charge in [0.15, 0.2) is 0 Å². The van der Waals surface area contributed by atoms with Crippen LogP contribution in [0.2, 0.25) is 0 Å². The summed E-state index contributed by atoms with van der Waals surface area (Å²) < 4.78 is 0. The maximum Gasteiger partial charge on any atom is 0.143 e. The highest BCUT2D eigenvalue weighted by Gasteiger charge is 2.00. The quantitative estimate of drug-likeness (QED) is 0.776. The molecule has 0 amide bonds. The maximum absolute atomic E-state index is 9.65. The number of phenols is 1. The summed E-state index contributed by atoms with van der Waals surface area (Å²) in [6.45, 7) is 2.06. The van der Waals surface area contributed by atoms with Gasteiger partial charge in [-0.3, -0.25) is 0 Å². The summed E-state index contributed by atoms with van der Waals surface area (Å²) in [6.07, 6.45) is 0.911. The Bertz CT molecular complexity index is 521. The molecule has 86 valence electrons. The summed E-state index contributed by atoms with van der Waals surface area (Å²) in [6, 6.07) is 14.8. The van der Waals surface area contributed by atoms with E-state index in [-0.39, 0.29) is 5.75 Å². The fourth-order valence-corrected chi connectivity index (χ4v) is 1.48. The molecule has 2 rings (SSSR count). The van der Waals surface area contributed by atoms with Crippen LogP contribution < -0.4 is 0 Å². The third-order valence-electron chi connectivity index (χ3n) is 2.48. The zero-order chi connectivity index (χ0) is 12.1. The molecule has 0 spiro atoms. The summed E-state index contributed by atoms with van der Waals surface area (Å²) in [4.78, 5) is 0. The van der Waals surface area contributed by atoms with Crippen LogP contribution in [0.15, 0.2) is 58.8 Å². The zero-order valence-electron chi connectivity index (χ0n) is 9.67. The molecule has 0 saturated carbocycles. The SMILES string of the molecule is CCc1ccc(O)c(/N=N/c2ccccc2)c1. The monoisotopic (exact) mass is 226 g/mol. The van der Waals surface area contributed by atoms with Crippen LogP contribution in [0, 0.1) is 0 Å². The molecule has 0 unspecified atom stereocenters. The van der Waals surface area contributed by atoms with Crippen LogP contribution >= 0.6 is 0 Å². The molecule has 3 nitrogen and oxygen atoms in total. The van der Waals surface area contributed by atoms with E-state index in [2.05, 4.69) is 17.2 Å². The highest BCUT2D eigenvalue weighted by molar-refractivity contribution is 5.52. The molecule has 0 atom stereocenters. The minimum Gasteiger partial charge on any atom is -0.506 e. The standard InChI is InChI=1S/C14H14N2O/c1-2-11-8-9-14(17)13(10-11)16-15-12-6-4-3-5-7-12/h3-10,17H,2H2,1H3/b16-15+. The molecule has 0 fully saturated rings. The molecular formula is C14H14N2O. The van der Waals surface area contributed by atoms with Gasteiger partial charge < -0.3 is 5.11 Å². The third-order valence-corrected chi connectivity index (χ3v) is 2.48. The molecule has 0 aliphatic carbocycles. The molecule has 3 heteroatoms. The van der Waals surface area contributed by atoms with Gasteiger partial charge in [-0.15, -0.1) is 5.11 Å². The molecule has 0 aliphatic rings. The van der Waals surface area contributed by atoms with Crippen molar-refractivity contribution in [1.29, 1.82) is 0 Å². The number of nitrogens with zero attached hydrogens (tertiary/aromatic N) is 2. The number of benzene rings is 2. The molecule has 0 aromatic heterocycles. The van der Waals surface area contributed by atoms with Gasteiger partial charge >= 0.3 is 0 Å². The van der Waals surface area contributed by atoms with Crippen LogP contribution in [0.1, 0.15) is 12.5 Å².